The molecule has 82 valence electrons. The van der Waals surface area contributed by atoms with Gasteiger partial charge in [0, 0.05) is 6.20 Å². The summed E-state index contributed by atoms with van der Waals surface area (Å²) in [7, 11) is 0. The molecule has 5 heteroatoms. The van der Waals surface area contributed by atoms with Gasteiger partial charge in [-0.05, 0) is 31.6 Å². The van der Waals surface area contributed by atoms with Gasteiger partial charge >= 0.3 is 0 Å². The molecule has 0 spiro atoms. The number of aromatic nitrogens is 3. The van der Waals surface area contributed by atoms with Gasteiger partial charge in [-0.2, -0.15) is 4.98 Å². The average Bonchev–Trinajstić information content (AvgIpc) is 2.59. The van der Waals surface area contributed by atoms with E-state index < -0.39 is 0 Å². The molecule has 0 atom stereocenters. The predicted octanol–water partition coefficient (Wildman–Crippen LogP) is 1.55. The van der Waals surface area contributed by atoms with Crippen LogP contribution < -0.4 is 5.32 Å². The summed E-state index contributed by atoms with van der Waals surface area (Å²) in [6.07, 6.45) is 4.94. The van der Waals surface area contributed by atoms with E-state index in [0.29, 0.717) is 11.6 Å². The molecular weight excluding hydrogens is 204 g/mol. The lowest BCUT2D eigenvalue weighted by Crippen LogP contribution is -2.09. The number of anilines is 1. The quantitative estimate of drug-likeness (QED) is 0.775. The van der Waals surface area contributed by atoms with Crippen LogP contribution in [0.1, 0.15) is 12.5 Å². The molecule has 0 bridgehead atoms. The standard InChI is InChI=1S/C11H12N4O/c1-3-4-10(16)13-11-12-9-6-5-8(2)7-15(9)14-11/h3-7H,1-2H3,(H,13,14,16)/b4-3+. The van der Waals surface area contributed by atoms with E-state index in [-0.39, 0.29) is 5.91 Å². The highest BCUT2D eigenvalue weighted by Gasteiger charge is 2.04. The van der Waals surface area contributed by atoms with Crippen molar-refractivity contribution in [1.82, 2.24) is 14.6 Å². The third-order valence-corrected chi connectivity index (χ3v) is 2.03. The third kappa shape index (κ3) is 2.08. The second-order valence-corrected chi connectivity index (χ2v) is 3.43. The minimum Gasteiger partial charge on any atom is -0.290 e. The normalized spacial score (nSPS) is 11.1. The van der Waals surface area contributed by atoms with E-state index in [1.165, 1.54) is 6.08 Å². The monoisotopic (exact) mass is 216 g/mol. The summed E-state index contributed by atoms with van der Waals surface area (Å²) in [5, 5.41) is 6.72. The molecule has 2 aromatic rings. The maximum Gasteiger partial charge on any atom is 0.250 e. The molecule has 0 aliphatic heterocycles. The van der Waals surface area contributed by atoms with Gasteiger partial charge in [0.05, 0.1) is 0 Å². The Kier molecular flexibility index (Phi) is 2.68. The zero-order valence-electron chi connectivity index (χ0n) is 9.14. The van der Waals surface area contributed by atoms with Crippen molar-refractivity contribution in [2.75, 3.05) is 5.32 Å². The molecular formula is C11H12N4O. The van der Waals surface area contributed by atoms with Crippen LogP contribution in [0.5, 0.6) is 0 Å². The van der Waals surface area contributed by atoms with E-state index in [4.69, 9.17) is 0 Å². The predicted molar refractivity (Wildman–Crippen MR) is 61.2 cm³/mol. The highest BCUT2D eigenvalue weighted by molar-refractivity contribution is 5.98. The molecule has 0 aliphatic rings. The minimum absolute atomic E-state index is 0.227. The van der Waals surface area contributed by atoms with Crippen LogP contribution in [0.2, 0.25) is 0 Å². The van der Waals surface area contributed by atoms with Gasteiger partial charge in [0.25, 0.3) is 0 Å². The molecule has 1 N–H and O–H groups in total. The number of nitrogens with zero attached hydrogens (tertiary/aromatic N) is 3. The number of carbonyl (C=O) groups excluding carboxylic acids is 1. The first kappa shape index (κ1) is 10.4. The van der Waals surface area contributed by atoms with Gasteiger partial charge in [0.15, 0.2) is 5.65 Å². The van der Waals surface area contributed by atoms with Crippen LogP contribution in [-0.2, 0) is 4.79 Å². The summed E-state index contributed by atoms with van der Waals surface area (Å²) in [5.41, 5.74) is 1.80. The number of hydrogen-bond donors (Lipinski definition) is 1. The number of fused-ring (bicyclic) bond motifs is 1. The number of nitrogens with one attached hydrogen (secondary N) is 1. The maximum absolute atomic E-state index is 11.3. The number of pyridine rings is 1. The molecule has 16 heavy (non-hydrogen) atoms. The summed E-state index contributed by atoms with van der Waals surface area (Å²) >= 11 is 0. The van der Waals surface area contributed by atoms with Crippen LogP contribution >= 0.6 is 0 Å². The van der Waals surface area contributed by atoms with Crippen molar-refractivity contribution >= 4 is 17.5 Å². The first-order chi connectivity index (χ1) is 7.69. The number of aryl methyl sites for hydroxylation is 1. The van der Waals surface area contributed by atoms with Crippen LogP contribution in [0.25, 0.3) is 5.65 Å². The van der Waals surface area contributed by atoms with Crippen molar-refractivity contribution in [2.24, 2.45) is 0 Å². The summed E-state index contributed by atoms with van der Waals surface area (Å²) in [6, 6.07) is 3.80. The Bertz CT molecular complexity index is 556. The van der Waals surface area contributed by atoms with E-state index in [9.17, 15) is 4.79 Å². The van der Waals surface area contributed by atoms with Crippen LogP contribution in [0.3, 0.4) is 0 Å². The topological polar surface area (TPSA) is 59.3 Å². The zero-order chi connectivity index (χ0) is 11.5. The molecule has 2 heterocycles. The van der Waals surface area contributed by atoms with Crippen molar-refractivity contribution in [1.29, 1.82) is 0 Å². The Morgan fingerprint density at radius 3 is 3.06 bits per heavy atom. The lowest BCUT2D eigenvalue weighted by molar-refractivity contribution is -0.111. The zero-order valence-corrected chi connectivity index (χ0v) is 9.14. The van der Waals surface area contributed by atoms with E-state index in [0.717, 1.165) is 5.56 Å². The van der Waals surface area contributed by atoms with Crippen molar-refractivity contribution in [3.63, 3.8) is 0 Å². The van der Waals surface area contributed by atoms with Gasteiger partial charge < -0.3 is 0 Å². The Morgan fingerprint density at radius 2 is 2.31 bits per heavy atom. The average molecular weight is 216 g/mol. The number of rotatable bonds is 2. The molecule has 1 amide bonds. The third-order valence-electron chi connectivity index (χ3n) is 2.03. The molecule has 2 aromatic heterocycles. The first-order valence-corrected chi connectivity index (χ1v) is 4.96. The van der Waals surface area contributed by atoms with Gasteiger partial charge in [-0.15, -0.1) is 5.10 Å². The summed E-state index contributed by atoms with van der Waals surface area (Å²) in [6.45, 7) is 3.75. The molecule has 0 fully saturated rings. The Balaban J connectivity index is 2.29. The molecule has 0 aliphatic carbocycles. The van der Waals surface area contributed by atoms with Gasteiger partial charge in [0.1, 0.15) is 0 Å². The van der Waals surface area contributed by atoms with Crippen molar-refractivity contribution < 1.29 is 4.79 Å². The summed E-state index contributed by atoms with van der Waals surface area (Å²) < 4.78 is 1.64. The molecule has 0 saturated heterocycles. The Hall–Kier alpha value is -2.17. The number of carbonyl (C=O) groups is 1. The van der Waals surface area contributed by atoms with Crippen LogP contribution in [0.15, 0.2) is 30.5 Å². The van der Waals surface area contributed by atoms with Gasteiger partial charge in [-0.25, -0.2) is 4.52 Å². The summed E-state index contributed by atoms with van der Waals surface area (Å²) in [4.78, 5) is 15.4. The maximum atomic E-state index is 11.3. The van der Waals surface area contributed by atoms with E-state index in [1.807, 2.05) is 25.3 Å². The van der Waals surface area contributed by atoms with Crippen molar-refractivity contribution in [3.8, 4) is 0 Å². The number of amides is 1. The number of hydrogen-bond acceptors (Lipinski definition) is 3. The van der Waals surface area contributed by atoms with E-state index >= 15 is 0 Å². The molecule has 2 rings (SSSR count). The smallest absolute Gasteiger partial charge is 0.250 e. The fourth-order valence-corrected chi connectivity index (χ4v) is 1.34. The fourth-order valence-electron chi connectivity index (χ4n) is 1.34. The Morgan fingerprint density at radius 1 is 1.50 bits per heavy atom. The largest absolute Gasteiger partial charge is 0.290 e. The van der Waals surface area contributed by atoms with Crippen LogP contribution in [0.4, 0.5) is 5.95 Å². The van der Waals surface area contributed by atoms with Crippen molar-refractivity contribution in [3.05, 3.63) is 36.0 Å². The lowest BCUT2D eigenvalue weighted by atomic mass is 10.3. The Labute approximate surface area is 92.8 Å². The fraction of sp³-hybridized carbons (Fsp3) is 0.182. The van der Waals surface area contributed by atoms with Gasteiger partial charge in [0.2, 0.25) is 11.9 Å². The second kappa shape index (κ2) is 4.14. The highest BCUT2D eigenvalue weighted by atomic mass is 16.1. The summed E-state index contributed by atoms with van der Waals surface area (Å²) in [5.74, 6) is 0.0869. The van der Waals surface area contributed by atoms with Crippen LogP contribution in [-0.4, -0.2) is 20.5 Å². The SMILES string of the molecule is C/C=C/C(=O)Nc1nc2ccc(C)cn2n1. The van der Waals surface area contributed by atoms with Gasteiger partial charge in [-0.3, -0.25) is 10.1 Å². The van der Waals surface area contributed by atoms with Crippen molar-refractivity contribution in [2.45, 2.75) is 13.8 Å². The lowest BCUT2D eigenvalue weighted by Gasteiger charge is -1.92. The van der Waals surface area contributed by atoms with Crippen LogP contribution in [0, 0.1) is 6.92 Å². The van der Waals surface area contributed by atoms with Gasteiger partial charge in [-0.1, -0.05) is 12.1 Å². The molecule has 0 unspecified atom stereocenters. The molecule has 0 aromatic carbocycles. The molecule has 0 radical (unpaired) electrons. The minimum atomic E-state index is -0.227. The van der Waals surface area contributed by atoms with E-state index in [2.05, 4.69) is 15.4 Å². The highest BCUT2D eigenvalue weighted by Crippen LogP contribution is 2.06. The number of allylic oxidation sites excluding steroid dienone is 1. The van der Waals surface area contributed by atoms with E-state index in [1.54, 1.807) is 17.5 Å². The second-order valence-electron chi connectivity index (χ2n) is 3.43. The molecule has 0 saturated carbocycles. The first-order valence-electron chi connectivity index (χ1n) is 4.96. The molecule has 5 nitrogen and oxygen atoms in total.